The van der Waals surface area contributed by atoms with Crippen molar-refractivity contribution in [1.29, 1.82) is 0 Å². The van der Waals surface area contributed by atoms with E-state index in [1.807, 2.05) is 13.8 Å². The third-order valence-corrected chi connectivity index (χ3v) is 2.20. The van der Waals surface area contributed by atoms with Crippen molar-refractivity contribution in [2.75, 3.05) is 26.4 Å². The molecule has 0 aromatic carbocycles. The first-order valence-electron chi connectivity index (χ1n) is 6.23. The van der Waals surface area contributed by atoms with Crippen LogP contribution in [0.15, 0.2) is 0 Å². The Labute approximate surface area is 98.7 Å². The van der Waals surface area contributed by atoms with Gasteiger partial charge in [-0.3, -0.25) is 4.79 Å². The molecular weight excluding hydrogens is 206 g/mol. The zero-order chi connectivity index (χ0) is 12.2. The molecule has 0 radical (unpaired) electrons. The van der Waals surface area contributed by atoms with Gasteiger partial charge in [0, 0.05) is 6.61 Å². The van der Waals surface area contributed by atoms with Crippen LogP contribution < -0.4 is 5.32 Å². The minimum absolute atomic E-state index is 0.222. The Hall–Kier alpha value is -0.610. The lowest BCUT2D eigenvalue weighted by atomic mass is 10.2. The molecule has 4 nitrogen and oxygen atoms in total. The maximum Gasteiger partial charge on any atom is 0.325 e. The molecule has 16 heavy (non-hydrogen) atoms. The number of esters is 1. The van der Waals surface area contributed by atoms with Crippen LogP contribution in [0.1, 0.15) is 40.0 Å². The van der Waals surface area contributed by atoms with Gasteiger partial charge in [0.15, 0.2) is 0 Å². The van der Waals surface area contributed by atoms with Crippen molar-refractivity contribution >= 4 is 5.97 Å². The van der Waals surface area contributed by atoms with E-state index in [1.54, 1.807) is 0 Å². The summed E-state index contributed by atoms with van der Waals surface area (Å²) in [5.74, 6) is -0.222. The number of unbranched alkanes of at least 4 members (excludes halogenated alkanes) is 2. The highest BCUT2D eigenvalue weighted by molar-refractivity contribution is 5.75. The van der Waals surface area contributed by atoms with Gasteiger partial charge in [-0.2, -0.15) is 0 Å². The number of hydrogen-bond acceptors (Lipinski definition) is 4. The normalized spacial score (nSPS) is 12.4. The van der Waals surface area contributed by atoms with Crippen molar-refractivity contribution in [1.82, 2.24) is 5.32 Å². The molecule has 1 atom stereocenters. The highest BCUT2D eigenvalue weighted by Gasteiger charge is 2.18. The zero-order valence-electron chi connectivity index (χ0n) is 10.8. The molecule has 1 unspecified atom stereocenters. The lowest BCUT2D eigenvalue weighted by Crippen LogP contribution is -2.41. The maximum absolute atomic E-state index is 11.5. The van der Waals surface area contributed by atoms with Crippen LogP contribution in [0.4, 0.5) is 0 Å². The molecule has 0 heterocycles. The number of carbonyl (C=O) groups excluding carboxylic acids is 1. The number of rotatable bonds is 10. The summed E-state index contributed by atoms with van der Waals surface area (Å²) in [6.07, 6.45) is 3.40. The number of carbonyl (C=O) groups is 1. The Morgan fingerprint density at radius 3 is 2.56 bits per heavy atom. The number of hydrogen-bond donors (Lipinski definition) is 1. The van der Waals surface area contributed by atoms with Crippen molar-refractivity contribution in [2.45, 2.75) is 46.1 Å². The number of likely N-dealkylation sites (N-methyl/N-ethyl adjacent to an activating group) is 1. The van der Waals surface area contributed by atoms with Gasteiger partial charge in [-0.15, -0.1) is 0 Å². The van der Waals surface area contributed by atoms with E-state index in [4.69, 9.17) is 9.47 Å². The van der Waals surface area contributed by atoms with E-state index in [1.165, 1.54) is 12.8 Å². The topological polar surface area (TPSA) is 47.6 Å². The van der Waals surface area contributed by atoms with E-state index >= 15 is 0 Å². The first kappa shape index (κ1) is 15.4. The SMILES string of the molecule is CCCCCOCC(NCC)C(=O)OCC. The van der Waals surface area contributed by atoms with E-state index in [9.17, 15) is 4.79 Å². The second kappa shape index (κ2) is 10.9. The quantitative estimate of drug-likeness (QED) is 0.459. The van der Waals surface area contributed by atoms with Crippen molar-refractivity contribution in [3.8, 4) is 0 Å². The van der Waals surface area contributed by atoms with Crippen LogP contribution in [-0.2, 0) is 14.3 Å². The molecule has 0 aliphatic carbocycles. The summed E-state index contributed by atoms with van der Waals surface area (Å²) in [7, 11) is 0. The lowest BCUT2D eigenvalue weighted by molar-refractivity contribution is -0.147. The standard InChI is InChI=1S/C12H25NO3/c1-4-7-8-9-15-10-11(13-5-2)12(14)16-6-3/h11,13H,4-10H2,1-3H3. The van der Waals surface area contributed by atoms with Gasteiger partial charge in [-0.1, -0.05) is 26.7 Å². The highest BCUT2D eigenvalue weighted by Crippen LogP contribution is 1.96. The average Bonchev–Trinajstić information content (AvgIpc) is 2.27. The Kier molecular flexibility index (Phi) is 10.5. The molecule has 0 bridgehead atoms. The summed E-state index contributed by atoms with van der Waals surface area (Å²) in [5.41, 5.74) is 0. The zero-order valence-corrected chi connectivity index (χ0v) is 10.8. The van der Waals surface area contributed by atoms with Crippen LogP contribution in [0.25, 0.3) is 0 Å². The van der Waals surface area contributed by atoms with Crippen molar-refractivity contribution in [3.63, 3.8) is 0 Å². The van der Waals surface area contributed by atoms with Gasteiger partial charge >= 0.3 is 5.97 Å². The summed E-state index contributed by atoms with van der Waals surface area (Å²) in [6, 6.07) is -0.327. The van der Waals surface area contributed by atoms with Crippen LogP contribution in [0.5, 0.6) is 0 Å². The lowest BCUT2D eigenvalue weighted by Gasteiger charge is -2.16. The Balaban J connectivity index is 3.71. The largest absolute Gasteiger partial charge is 0.465 e. The van der Waals surface area contributed by atoms with Crippen molar-refractivity contribution in [2.24, 2.45) is 0 Å². The van der Waals surface area contributed by atoms with Gasteiger partial charge in [0.05, 0.1) is 13.2 Å². The average molecular weight is 231 g/mol. The molecule has 0 saturated carbocycles. The van der Waals surface area contributed by atoms with Gasteiger partial charge in [-0.05, 0) is 19.9 Å². The minimum Gasteiger partial charge on any atom is -0.465 e. The van der Waals surface area contributed by atoms with Crippen LogP contribution in [-0.4, -0.2) is 38.4 Å². The highest BCUT2D eigenvalue weighted by atomic mass is 16.5. The molecule has 0 aromatic rings. The van der Waals surface area contributed by atoms with E-state index in [-0.39, 0.29) is 12.0 Å². The van der Waals surface area contributed by atoms with Crippen molar-refractivity contribution in [3.05, 3.63) is 0 Å². The number of nitrogens with one attached hydrogen (secondary N) is 1. The summed E-state index contributed by atoms with van der Waals surface area (Å²) < 4.78 is 10.4. The van der Waals surface area contributed by atoms with Crippen LogP contribution in [0.2, 0.25) is 0 Å². The van der Waals surface area contributed by atoms with Crippen LogP contribution in [0.3, 0.4) is 0 Å². The summed E-state index contributed by atoms with van der Waals surface area (Å²) in [4.78, 5) is 11.5. The first-order chi connectivity index (χ1) is 7.76. The van der Waals surface area contributed by atoms with E-state index in [0.717, 1.165) is 19.6 Å². The fraction of sp³-hybridized carbons (Fsp3) is 0.917. The van der Waals surface area contributed by atoms with Crippen LogP contribution in [0, 0.1) is 0 Å². The van der Waals surface area contributed by atoms with E-state index in [0.29, 0.717) is 13.2 Å². The minimum atomic E-state index is -0.327. The maximum atomic E-state index is 11.5. The Morgan fingerprint density at radius 1 is 1.25 bits per heavy atom. The molecule has 96 valence electrons. The molecule has 0 aliphatic rings. The van der Waals surface area contributed by atoms with Gasteiger partial charge in [0.1, 0.15) is 6.04 Å². The molecule has 0 aliphatic heterocycles. The first-order valence-corrected chi connectivity index (χ1v) is 6.23. The molecule has 4 heteroatoms. The van der Waals surface area contributed by atoms with Gasteiger partial charge in [-0.25, -0.2) is 0 Å². The third-order valence-electron chi connectivity index (χ3n) is 2.20. The van der Waals surface area contributed by atoms with Crippen LogP contribution >= 0.6 is 0 Å². The smallest absolute Gasteiger partial charge is 0.325 e. The fourth-order valence-corrected chi connectivity index (χ4v) is 1.35. The van der Waals surface area contributed by atoms with E-state index < -0.39 is 0 Å². The summed E-state index contributed by atoms with van der Waals surface area (Å²) >= 11 is 0. The monoisotopic (exact) mass is 231 g/mol. The molecule has 0 aromatic heterocycles. The Bertz CT molecular complexity index is 174. The number of ether oxygens (including phenoxy) is 2. The molecule has 0 saturated heterocycles. The van der Waals surface area contributed by atoms with Gasteiger partial charge < -0.3 is 14.8 Å². The van der Waals surface area contributed by atoms with Gasteiger partial charge in [0.25, 0.3) is 0 Å². The predicted molar refractivity (Wildman–Crippen MR) is 64.4 cm³/mol. The molecule has 0 spiro atoms. The second-order valence-electron chi connectivity index (χ2n) is 3.64. The molecular formula is C12H25NO3. The van der Waals surface area contributed by atoms with Gasteiger partial charge in [0.2, 0.25) is 0 Å². The fourth-order valence-electron chi connectivity index (χ4n) is 1.35. The van der Waals surface area contributed by atoms with Crippen molar-refractivity contribution < 1.29 is 14.3 Å². The molecule has 0 amide bonds. The molecule has 0 rings (SSSR count). The second-order valence-corrected chi connectivity index (χ2v) is 3.64. The third kappa shape index (κ3) is 7.65. The molecule has 1 N–H and O–H groups in total. The summed E-state index contributed by atoms with van der Waals surface area (Å²) in [6.45, 7) is 8.19. The predicted octanol–water partition coefficient (Wildman–Crippen LogP) is 1.73. The Morgan fingerprint density at radius 2 is 2.00 bits per heavy atom. The van der Waals surface area contributed by atoms with E-state index in [2.05, 4.69) is 12.2 Å². The molecule has 0 fully saturated rings. The summed E-state index contributed by atoms with van der Waals surface area (Å²) in [5, 5.41) is 3.06.